The third-order valence-electron chi connectivity index (χ3n) is 3.16. The summed E-state index contributed by atoms with van der Waals surface area (Å²) in [4.78, 5) is 23.3. The van der Waals surface area contributed by atoms with Gasteiger partial charge in [0.1, 0.15) is 11.5 Å². The molecule has 0 unspecified atom stereocenters. The van der Waals surface area contributed by atoms with Gasteiger partial charge in [-0.05, 0) is 35.9 Å². The second-order valence-electron chi connectivity index (χ2n) is 4.95. The predicted molar refractivity (Wildman–Crippen MR) is 93.0 cm³/mol. The van der Waals surface area contributed by atoms with Crippen LogP contribution >= 0.6 is 0 Å². The molecule has 1 N–H and O–H groups in total. The van der Waals surface area contributed by atoms with Crippen molar-refractivity contribution in [3.05, 3.63) is 60.2 Å². The lowest BCUT2D eigenvalue weighted by Crippen LogP contribution is -2.09. The molecular weight excluding hydrogens is 306 g/mol. The fourth-order valence-corrected chi connectivity index (χ4v) is 1.91. The van der Waals surface area contributed by atoms with Crippen LogP contribution in [0.3, 0.4) is 0 Å². The van der Waals surface area contributed by atoms with Gasteiger partial charge in [-0.1, -0.05) is 25.1 Å². The average molecular weight is 325 g/mol. The number of carbonyl (C=O) groups is 2. The molecule has 0 spiro atoms. The van der Waals surface area contributed by atoms with Crippen molar-refractivity contribution in [2.75, 3.05) is 12.4 Å². The molecule has 5 nitrogen and oxygen atoms in total. The molecule has 2 aromatic rings. The van der Waals surface area contributed by atoms with E-state index in [4.69, 9.17) is 9.47 Å². The number of nitrogens with one attached hydrogen (secondary N) is 1. The predicted octanol–water partition coefficient (Wildman–Crippen LogP) is 3.66. The van der Waals surface area contributed by atoms with Crippen molar-refractivity contribution in [1.29, 1.82) is 0 Å². The smallest absolute Gasteiger partial charge is 0.310 e. The van der Waals surface area contributed by atoms with Gasteiger partial charge < -0.3 is 14.8 Å². The van der Waals surface area contributed by atoms with Crippen LogP contribution in [0.5, 0.6) is 11.5 Å². The zero-order valence-corrected chi connectivity index (χ0v) is 13.6. The van der Waals surface area contributed by atoms with E-state index in [1.807, 2.05) is 24.3 Å². The summed E-state index contributed by atoms with van der Waals surface area (Å²) in [6.45, 7) is 1.72. The molecule has 2 rings (SSSR count). The van der Waals surface area contributed by atoms with Crippen molar-refractivity contribution in [1.82, 2.24) is 0 Å². The summed E-state index contributed by atoms with van der Waals surface area (Å²) < 4.78 is 10.2. The standard InChI is InChI=1S/C19H19NO4/c1-3-19(22)24-17-6-4-5-15(13-17)20-18(21)12-9-14-7-10-16(23-2)11-8-14/h4-13H,3H2,1-2H3,(H,20,21)/b12-9+. The Bertz CT molecular complexity index is 735. The largest absolute Gasteiger partial charge is 0.497 e. The Morgan fingerprint density at radius 1 is 1.08 bits per heavy atom. The summed E-state index contributed by atoms with van der Waals surface area (Å²) in [5.41, 5.74) is 1.44. The highest BCUT2D eigenvalue weighted by molar-refractivity contribution is 6.02. The van der Waals surface area contributed by atoms with Gasteiger partial charge in [0.15, 0.2) is 0 Å². The molecule has 0 bridgehead atoms. The van der Waals surface area contributed by atoms with Gasteiger partial charge in [0.2, 0.25) is 5.91 Å². The van der Waals surface area contributed by atoms with E-state index < -0.39 is 0 Å². The first kappa shape index (κ1) is 17.3. The molecule has 0 aromatic heterocycles. The van der Waals surface area contributed by atoms with E-state index in [0.717, 1.165) is 11.3 Å². The van der Waals surface area contributed by atoms with Gasteiger partial charge >= 0.3 is 5.97 Å². The number of hydrogen-bond acceptors (Lipinski definition) is 4. The number of hydrogen-bond donors (Lipinski definition) is 1. The van der Waals surface area contributed by atoms with Crippen LogP contribution < -0.4 is 14.8 Å². The van der Waals surface area contributed by atoms with Crippen LogP contribution in [-0.4, -0.2) is 19.0 Å². The molecule has 0 aliphatic heterocycles. The van der Waals surface area contributed by atoms with Gasteiger partial charge in [-0.3, -0.25) is 9.59 Å². The van der Waals surface area contributed by atoms with Crippen LogP contribution in [0.25, 0.3) is 6.08 Å². The average Bonchev–Trinajstić information content (AvgIpc) is 2.60. The van der Waals surface area contributed by atoms with Gasteiger partial charge in [-0.2, -0.15) is 0 Å². The van der Waals surface area contributed by atoms with Gasteiger partial charge in [0, 0.05) is 24.3 Å². The second kappa shape index (κ2) is 8.53. The van der Waals surface area contributed by atoms with Crippen molar-refractivity contribution in [3.63, 3.8) is 0 Å². The van der Waals surface area contributed by atoms with Crippen molar-refractivity contribution >= 4 is 23.6 Å². The van der Waals surface area contributed by atoms with Gasteiger partial charge in [0.25, 0.3) is 0 Å². The van der Waals surface area contributed by atoms with E-state index in [2.05, 4.69) is 5.32 Å². The molecule has 0 heterocycles. The maximum atomic E-state index is 12.0. The van der Waals surface area contributed by atoms with Crippen molar-refractivity contribution in [2.45, 2.75) is 13.3 Å². The quantitative estimate of drug-likeness (QED) is 0.500. The van der Waals surface area contributed by atoms with Gasteiger partial charge in [0.05, 0.1) is 7.11 Å². The van der Waals surface area contributed by atoms with E-state index >= 15 is 0 Å². The van der Waals surface area contributed by atoms with Crippen LogP contribution in [0.2, 0.25) is 0 Å². The molecule has 5 heteroatoms. The molecule has 1 amide bonds. The number of ether oxygens (including phenoxy) is 2. The lowest BCUT2D eigenvalue weighted by molar-refractivity contribution is -0.134. The molecule has 2 aromatic carbocycles. The topological polar surface area (TPSA) is 64.6 Å². The van der Waals surface area contributed by atoms with E-state index in [-0.39, 0.29) is 11.9 Å². The van der Waals surface area contributed by atoms with Crippen LogP contribution in [0.15, 0.2) is 54.6 Å². The van der Waals surface area contributed by atoms with E-state index in [1.54, 1.807) is 44.4 Å². The monoisotopic (exact) mass is 325 g/mol. The number of benzene rings is 2. The fourth-order valence-electron chi connectivity index (χ4n) is 1.91. The van der Waals surface area contributed by atoms with Crippen molar-refractivity contribution < 1.29 is 19.1 Å². The van der Waals surface area contributed by atoms with Gasteiger partial charge in [-0.15, -0.1) is 0 Å². The van der Waals surface area contributed by atoms with Crippen LogP contribution in [0, 0.1) is 0 Å². The minimum Gasteiger partial charge on any atom is -0.497 e. The summed E-state index contributed by atoms with van der Waals surface area (Å²) in [5.74, 6) is 0.566. The lowest BCUT2D eigenvalue weighted by atomic mass is 10.2. The first-order valence-corrected chi connectivity index (χ1v) is 7.54. The zero-order valence-electron chi connectivity index (χ0n) is 13.6. The Labute approximate surface area is 140 Å². The molecule has 0 aliphatic carbocycles. The number of amides is 1. The SMILES string of the molecule is CCC(=O)Oc1cccc(NC(=O)/C=C/c2ccc(OC)cc2)c1. The zero-order chi connectivity index (χ0) is 17.4. The number of anilines is 1. The van der Waals surface area contributed by atoms with Crippen LogP contribution in [0.1, 0.15) is 18.9 Å². The summed E-state index contributed by atoms with van der Waals surface area (Å²) in [7, 11) is 1.60. The third kappa shape index (κ3) is 5.28. The maximum absolute atomic E-state index is 12.0. The molecule has 0 saturated heterocycles. The highest BCUT2D eigenvalue weighted by atomic mass is 16.5. The number of methoxy groups -OCH3 is 1. The first-order chi connectivity index (χ1) is 11.6. The summed E-state index contributed by atoms with van der Waals surface area (Å²) >= 11 is 0. The van der Waals surface area contributed by atoms with E-state index in [1.165, 1.54) is 6.08 Å². The Hall–Kier alpha value is -3.08. The molecule has 0 saturated carbocycles. The Kier molecular flexibility index (Phi) is 6.14. The number of esters is 1. The van der Waals surface area contributed by atoms with Gasteiger partial charge in [-0.25, -0.2) is 0 Å². The Morgan fingerprint density at radius 3 is 2.50 bits per heavy atom. The van der Waals surface area contributed by atoms with Crippen LogP contribution in [0.4, 0.5) is 5.69 Å². The Morgan fingerprint density at radius 2 is 1.83 bits per heavy atom. The molecule has 124 valence electrons. The second-order valence-corrected chi connectivity index (χ2v) is 4.95. The normalized spacial score (nSPS) is 10.4. The number of carbonyl (C=O) groups excluding carboxylic acids is 2. The molecular formula is C19H19NO4. The van der Waals surface area contributed by atoms with Crippen LogP contribution in [-0.2, 0) is 9.59 Å². The van der Waals surface area contributed by atoms with Crippen molar-refractivity contribution in [2.24, 2.45) is 0 Å². The molecule has 24 heavy (non-hydrogen) atoms. The van der Waals surface area contributed by atoms with E-state index in [9.17, 15) is 9.59 Å². The molecule has 0 aliphatic rings. The molecule has 0 fully saturated rings. The first-order valence-electron chi connectivity index (χ1n) is 7.54. The van der Waals surface area contributed by atoms with Crippen molar-refractivity contribution in [3.8, 4) is 11.5 Å². The minimum absolute atomic E-state index is 0.273. The fraction of sp³-hybridized carbons (Fsp3) is 0.158. The summed E-state index contributed by atoms with van der Waals surface area (Å²) in [6.07, 6.45) is 3.43. The minimum atomic E-state index is -0.321. The highest BCUT2D eigenvalue weighted by Gasteiger charge is 2.04. The highest BCUT2D eigenvalue weighted by Crippen LogP contribution is 2.18. The summed E-state index contributed by atoms with van der Waals surface area (Å²) in [5, 5.41) is 2.72. The molecule has 0 radical (unpaired) electrons. The number of rotatable bonds is 6. The maximum Gasteiger partial charge on any atom is 0.310 e. The summed E-state index contributed by atoms with van der Waals surface area (Å²) in [6, 6.07) is 14.1. The lowest BCUT2D eigenvalue weighted by Gasteiger charge is -2.06. The third-order valence-corrected chi connectivity index (χ3v) is 3.16. The molecule has 0 atom stereocenters. The van der Waals surface area contributed by atoms with E-state index in [0.29, 0.717) is 17.9 Å². The Balaban J connectivity index is 1.97.